The average Bonchev–Trinajstić information content (AvgIpc) is 1.89. The van der Waals surface area contributed by atoms with Gasteiger partial charge in [0.05, 0.1) is 0 Å². The van der Waals surface area contributed by atoms with Gasteiger partial charge in [0.25, 0.3) is 0 Å². The molecule has 0 aromatic rings. The molecule has 0 aliphatic carbocycles. The maximum absolute atomic E-state index is 9.55. The van der Waals surface area contributed by atoms with Crippen molar-refractivity contribution in [2.45, 2.75) is 0 Å². The number of carboxylic acids is 2. The molecule has 0 aliphatic heterocycles. The summed E-state index contributed by atoms with van der Waals surface area (Å²) < 4.78 is 0. The highest BCUT2D eigenvalue weighted by atomic mass is 16.4. The highest BCUT2D eigenvalue weighted by Crippen LogP contribution is 1.70. The van der Waals surface area contributed by atoms with Gasteiger partial charge in [0.2, 0.25) is 0 Å². The van der Waals surface area contributed by atoms with Gasteiger partial charge in [-0.05, 0) is 0 Å². The molecule has 0 bridgehead atoms. The topological polar surface area (TPSA) is 91.7 Å². The molecular formula is C5H6O5. The van der Waals surface area contributed by atoms with Gasteiger partial charge in [0.1, 0.15) is 6.79 Å². The number of carboxylic acid groups (broad SMARTS) is 2. The lowest BCUT2D eigenvalue weighted by Crippen LogP contribution is -1.91. The van der Waals surface area contributed by atoms with Crippen molar-refractivity contribution in [1.82, 2.24) is 0 Å². The van der Waals surface area contributed by atoms with Gasteiger partial charge >= 0.3 is 11.9 Å². The lowest BCUT2D eigenvalue weighted by atomic mass is 10.5. The van der Waals surface area contributed by atoms with E-state index in [1.165, 1.54) is 0 Å². The number of carbonyl (C=O) groups excluding carboxylic acids is 1. The molecule has 0 unspecified atom stereocenters. The predicted molar refractivity (Wildman–Crippen MR) is 31.5 cm³/mol. The van der Waals surface area contributed by atoms with E-state index in [-0.39, 0.29) is 0 Å². The van der Waals surface area contributed by atoms with Crippen LogP contribution in [0.15, 0.2) is 12.2 Å². The van der Waals surface area contributed by atoms with Crippen LogP contribution < -0.4 is 0 Å². The summed E-state index contributed by atoms with van der Waals surface area (Å²) in [6, 6.07) is 0. The SMILES string of the molecule is C=O.O=C(O)/C=C/C(=O)O. The summed E-state index contributed by atoms with van der Waals surface area (Å²) in [4.78, 5) is 27.1. The van der Waals surface area contributed by atoms with Crippen LogP contribution in [0.3, 0.4) is 0 Å². The molecular weight excluding hydrogens is 140 g/mol. The van der Waals surface area contributed by atoms with Gasteiger partial charge in [0, 0.05) is 12.2 Å². The quantitative estimate of drug-likeness (QED) is 0.513. The zero-order valence-corrected chi connectivity index (χ0v) is 4.98. The van der Waals surface area contributed by atoms with E-state index in [2.05, 4.69) is 0 Å². The fourth-order valence-corrected chi connectivity index (χ4v) is 0.143. The first-order valence-corrected chi connectivity index (χ1v) is 2.05. The fourth-order valence-electron chi connectivity index (χ4n) is 0.143. The van der Waals surface area contributed by atoms with E-state index in [0.717, 1.165) is 0 Å². The first-order valence-electron chi connectivity index (χ1n) is 2.05. The Kier molecular flexibility index (Phi) is 8.22. The summed E-state index contributed by atoms with van der Waals surface area (Å²) in [5.74, 6) is -2.51. The van der Waals surface area contributed by atoms with Crippen molar-refractivity contribution in [3.8, 4) is 0 Å². The third-order valence-corrected chi connectivity index (χ3v) is 0.368. The molecule has 56 valence electrons. The van der Waals surface area contributed by atoms with Crippen LogP contribution in [0.1, 0.15) is 0 Å². The Morgan fingerprint density at radius 1 is 1.00 bits per heavy atom. The second-order valence-electron chi connectivity index (χ2n) is 1.01. The number of hydrogen-bond donors (Lipinski definition) is 2. The third kappa shape index (κ3) is 16.2. The second kappa shape index (κ2) is 7.35. The summed E-state index contributed by atoms with van der Waals surface area (Å²) in [5, 5.41) is 15.6. The maximum atomic E-state index is 9.55. The van der Waals surface area contributed by atoms with E-state index in [1.54, 1.807) is 0 Å². The van der Waals surface area contributed by atoms with Crippen LogP contribution in [0, 0.1) is 0 Å². The van der Waals surface area contributed by atoms with E-state index >= 15 is 0 Å². The summed E-state index contributed by atoms with van der Waals surface area (Å²) in [6.07, 6.45) is 1.12. The monoisotopic (exact) mass is 146 g/mol. The Morgan fingerprint density at radius 2 is 1.20 bits per heavy atom. The summed E-state index contributed by atoms with van der Waals surface area (Å²) in [7, 11) is 0. The van der Waals surface area contributed by atoms with Crippen LogP contribution in [0.4, 0.5) is 0 Å². The van der Waals surface area contributed by atoms with Crippen molar-refractivity contribution in [3.63, 3.8) is 0 Å². The minimum Gasteiger partial charge on any atom is -0.478 e. The van der Waals surface area contributed by atoms with Crippen molar-refractivity contribution in [3.05, 3.63) is 12.2 Å². The minimum absolute atomic E-state index is 0.558. The van der Waals surface area contributed by atoms with Crippen molar-refractivity contribution >= 4 is 18.7 Å². The zero-order valence-electron chi connectivity index (χ0n) is 4.98. The van der Waals surface area contributed by atoms with Gasteiger partial charge < -0.3 is 15.0 Å². The molecule has 0 fully saturated rings. The van der Waals surface area contributed by atoms with E-state index in [9.17, 15) is 9.59 Å². The number of rotatable bonds is 2. The van der Waals surface area contributed by atoms with Crippen LogP contribution in [0.5, 0.6) is 0 Å². The number of hydrogen-bond acceptors (Lipinski definition) is 3. The van der Waals surface area contributed by atoms with Gasteiger partial charge in [-0.1, -0.05) is 0 Å². The molecule has 0 spiro atoms. The minimum atomic E-state index is -1.26. The summed E-state index contributed by atoms with van der Waals surface area (Å²) in [5.41, 5.74) is 0. The van der Waals surface area contributed by atoms with Gasteiger partial charge in [0.15, 0.2) is 0 Å². The summed E-state index contributed by atoms with van der Waals surface area (Å²) >= 11 is 0. The predicted octanol–water partition coefficient (Wildman–Crippen LogP) is -0.473. The highest BCUT2D eigenvalue weighted by molar-refractivity contribution is 5.89. The van der Waals surface area contributed by atoms with E-state index < -0.39 is 11.9 Å². The Balaban J connectivity index is 0. The van der Waals surface area contributed by atoms with Gasteiger partial charge in [-0.2, -0.15) is 0 Å². The van der Waals surface area contributed by atoms with Crippen LogP contribution in [0.25, 0.3) is 0 Å². The number of carbonyl (C=O) groups is 3. The molecule has 0 amide bonds. The Morgan fingerprint density at radius 3 is 1.30 bits per heavy atom. The van der Waals surface area contributed by atoms with Gasteiger partial charge in [-0.25, -0.2) is 9.59 Å². The molecule has 0 saturated carbocycles. The molecule has 0 aromatic heterocycles. The Labute approximate surface area is 56.6 Å². The molecule has 0 aromatic carbocycles. The first kappa shape index (κ1) is 11.2. The molecule has 0 radical (unpaired) electrons. The van der Waals surface area contributed by atoms with Crippen molar-refractivity contribution < 1.29 is 24.6 Å². The standard InChI is InChI=1S/C4H4O4.CH2O/c5-3(6)1-2-4(7)8;1-2/h1-2H,(H,5,6)(H,7,8);1H2/b2-1+;. The molecule has 0 atom stereocenters. The third-order valence-electron chi connectivity index (χ3n) is 0.368. The van der Waals surface area contributed by atoms with E-state index in [0.29, 0.717) is 12.2 Å². The second-order valence-corrected chi connectivity index (χ2v) is 1.01. The van der Waals surface area contributed by atoms with Crippen LogP contribution in [-0.2, 0) is 14.4 Å². The van der Waals surface area contributed by atoms with Crippen LogP contribution in [-0.4, -0.2) is 28.9 Å². The lowest BCUT2D eigenvalue weighted by molar-refractivity contribution is -0.134. The Bertz CT molecular complexity index is 132. The lowest BCUT2D eigenvalue weighted by Gasteiger charge is -1.74. The molecule has 2 N–H and O–H groups in total. The largest absolute Gasteiger partial charge is 0.478 e. The molecule has 0 saturated heterocycles. The van der Waals surface area contributed by atoms with Crippen LogP contribution in [0.2, 0.25) is 0 Å². The first-order chi connectivity index (χ1) is 4.63. The molecule has 10 heavy (non-hydrogen) atoms. The molecule has 5 heteroatoms. The normalized spacial score (nSPS) is 8.00. The van der Waals surface area contributed by atoms with Gasteiger partial charge in [-0.3, -0.25) is 0 Å². The molecule has 0 rings (SSSR count). The van der Waals surface area contributed by atoms with Gasteiger partial charge in [-0.15, -0.1) is 0 Å². The molecule has 5 nitrogen and oxygen atoms in total. The van der Waals surface area contributed by atoms with Crippen molar-refractivity contribution in [2.75, 3.05) is 0 Å². The fraction of sp³-hybridized carbons (Fsp3) is 0. The molecule has 0 aliphatic rings. The maximum Gasteiger partial charge on any atom is 0.328 e. The van der Waals surface area contributed by atoms with Crippen molar-refractivity contribution in [1.29, 1.82) is 0 Å². The van der Waals surface area contributed by atoms with Crippen molar-refractivity contribution in [2.24, 2.45) is 0 Å². The average molecular weight is 146 g/mol. The molecule has 0 heterocycles. The van der Waals surface area contributed by atoms with Crippen LogP contribution >= 0.6 is 0 Å². The zero-order chi connectivity index (χ0) is 8.57. The highest BCUT2D eigenvalue weighted by Gasteiger charge is 1.88. The van der Waals surface area contributed by atoms with E-state index in [4.69, 9.17) is 15.0 Å². The van der Waals surface area contributed by atoms with E-state index in [1.807, 2.05) is 6.79 Å². The summed E-state index contributed by atoms with van der Waals surface area (Å²) in [6.45, 7) is 2.00. The smallest absolute Gasteiger partial charge is 0.328 e. The number of aliphatic carboxylic acids is 2. The Hall–Kier alpha value is -1.65.